The van der Waals surface area contributed by atoms with Gasteiger partial charge in [-0.25, -0.2) is 0 Å². The molecule has 0 bridgehead atoms. The number of aromatic nitrogens is 1. The lowest BCUT2D eigenvalue weighted by Crippen LogP contribution is -2.66. The number of unbranched alkanes of at least 4 members (excludes halogenated alkanes) is 1. The lowest BCUT2D eigenvalue weighted by molar-refractivity contribution is -0.169. The lowest BCUT2D eigenvalue weighted by Gasteiger charge is -2.43. The molecule has 6 heteroatoms. The van der Waals surface area contributed by atoms with Crippen LogP contribution in [0.3, 0.4) is 0 Å². The van der Waals surface area contributed by atoms with Gasteiger partial charge in [-0.2, -0.15) is 0 Å². The fraction of sp³-hybridized carbons (Fsp3) is 0.400. The molecule has 3 aromatic carbocycles. The summed E-state index contributed by atoms with van der Waals surface area (Å²) in [5.41, 5.74) is 2.22. The zero-order valence-electron chi connectivity index (χ0n) is 24.6. The predicted octanol–water partition coefficient (Wildman–Crippen LogP) is 7.83. The third kappa shape index (κ3) is 6.93. The van der Waals surface area contributed by atoms with E-state index in [1.165, 1.54) is 21.3 Å². The molecule has 1 atom stereocenters. The number of fused-ring (bicyclic) bond motifs is 1. The molecule has 216 valence electrons. The lowest BCUT2D eigenvalue weighted by atomic mass is 9.99. The maximum atomic E-state index is 7.13. The second kappa shape index (κ2) is 13.6. The Labute approximate surface area is 251 Å². The van der Waals surface area contributed by atoms with Crippen LogP contribution in [0.2, 0.25) is 10.1 Å². The first-order valence-electron chi connectivity index (χ1n) is 14.9. The molecular formula is C35H42ClNO3Si. The number of pyridine rings is 1. The zero-order chi connectivity index (χ0) is 28.7. The number of aryl methyl sites for hydroxylation is 1. The van der Waals surface area contributed by atoms with E-state index in [1.54, 1.807) is 0 Å². The van der Waals surface area contributed by atoms with Gasteiger partial charge < -0.3 is 13.9 Å². The van der Waals surface area contributed by atoms with E-state index in [0.717, 1.165) is 61.2 Å². The van der Waals surface area contributed by atoms with Crippen molar-refractivity contribution in [1.29, 1.82) is 0 Å². The summed E-state index contributed by atoms with van der Waals surface area (Å²) in [5.74, 6) is 0. The maximum Gasteiger partial charge on any atom is 0.261 e. The molecule has 5 rings (SSSR count). The van der Waals surface area contributed by atoms with Gasteiger partial charge in [-0.3, -0.25) is 4.98 Å². The molecule has 1 aliphatic heterocycles. The summed E-state index contributed by atoms with van der Waals surface area (Å²) in [7, 11) is -2.53. The number of halogens is 1. The Kier molecular flexibility index (Phi) is 9.94. The molecule has 2 heterocycles. The summed E-state index contributed by atoms with van der Waals surface area (Å²) in [5, 5.41) is 5.59. The van der Waals surface area contributed by atoms with Crippen LogP contribution in [-0.4, -0.2) is 32.8 Å². The number of benzene rings is 3. The fourth-order valence-corrected chi connectivity index (χ4v) is 10.9. The molecule has 4 aromatic rings. The number of ether oxygens (including phenoxy) is 2. The third-order valence-electron chi connectivity index (χ3n) is 8.15. The minimum atomic E-state index is -2.53. The molecule has 1 aromatic heterocycles. The Morgan fingerprint density at radius 2 is 1.63 bits per heavy atom. The molecule has 0 radical (unpaired) electrons. The largest absolute Gasteiger partial charge is 0.407 e. The van der Waals surface area contributed by atoms with Gasteiger partial charge in [-0.1, -0.05) is 99.1 Å². The maximum absolute atomic E-state index is 7.13. The molecule has 1 saturated heterocycles. The highest BCUT2D eigenvalue weighted by Gasteiger charge is 2.49. The Balaban J connectivity index is 1.33. The summed E-state index contributed by atoms with van der Waals surface area (Å²) in [6, 6.07) is 27.8. The van der Waals surface area contributed by atoms with Crippen LogP contribution < -0.4 is 10.4 Å². The Hall–Kier alpha value is -2.54. The molecule has 0 amide bonds. The van der Waals surface area contributed by atoms with Gasteiger partial charge >= 0.3 is 0 Å². The van der Waals surface area contributed by atoms with Crippen LogP contribution in [0, 0.1) is 0 Å². The normalized spacial score (nSPS) is 16.2. The van der Waals surface area contributed by atoms with Crippen LogP contribution >= 0.6 is 11.6 Å². The fourth-order valence-electron chi connectivity index (χ4n) is 6.10. The smallest absolute Gasteiger partial charge is 0.261 e. The average molecular weight is 588 g/mol. The molecule has 0 saturated carbocycles. The van der Waals surface area contributed by atoms with Gasteiger partial charge in [0.05, 0.1) is 12.3 Å². The van der Waals surface area contributed by atoms with Crippen molar-refractivity contribution in [2.24, 2.45) is 0 Å². The van der Waals surface area contributed by atoms with Crippen molar-refractivity contribution >= 4 is 41.1 Å². The van der Waals surface area contributed by atoms with Crippen molar-refractivity contribution < 1.29 is 13.9 Å². The number of rotatable bonds is 11. The zero-order valence-corrected chi connectivity index (χ0v) is 26.3. The van der Waals surface area contributed by atoms with Crippen LogP contribution in [0.15, 0.2) is 85.1 Å². The molecule has 1 fully saturated rings. The van der Waals surface area contributed by atoms with Crippen LogP contribution in [0.1, 0.15) is 64.1 Å². The minimum Gasteiger partial charge on any atom is -0.407 e. The van der Waals surface area contributed by atoms with Crippen LogP contribution in [0.25, 0.3) is 10.8 Å². The van der Waals surface area contributed by atoms with Crippen molar-refractivity contribution in [2.75, 3.05) is 13.2 Å². The van der Waals surface area contributed by atoms with Gasteiger partial charge in [0.15, 0.2) is 6.29 Å². The van der Waals surface area contributed by atoms with Gasteiger partial charge in [0.1, 0.15) is 0 Å². The van der Waals surface area contributed by atoms with Crippen molar-refractivity contribution in [2.45, 2.75) is 77.2 Å². The quantitative estimate of drug-likeness (QED) is 0.132. The number of hydrogen-bond donors (Lipinski definition) is 0. The molecular weight excluding hydrogens is 546 g/mol. The molecule has 0 aliphatic carbocycles. The molecule has 0 N–H and O–H groups in total. The van der Waals surface area contributed by atoms with E-state index in [0.29, 0.717) is 13.2 Å². The van der Waals surface area contributed by atoms with E-state index in [4.69, 9.17) is 30.5 Å². The van der Waals surface area contributed by atoms with E-state index >= 15 is 0 Å². The van der Waals surface area contributed by atoms with Gasteiger partial charge in [0.25, 0.3) is 8.32 Å². The Morgan fingerprint density at radius 1 is 0.927 bits per heavy atom. The predicted molar refractivity (Wildman–Crippen MR) is 172 cm³/mol. The highest BCUT2D eigenvalue weighted by molar-refractivity contribution is 6.99. The van der Waals surface area contributed by atoms with Crippen molar-refractivity contribution in [3.05, 3.63) is 101 Å². The highest BCUT2D eigenvalue weighted by Crippen LogP contribution is 2.37. The average Bonchev–Trinajstić information content (AvgIpc) is 2.99. The monoisotopic (exact) mass is 587 g/mol. The van der Waals surface area contributed by atoms with E-state index in [1.807, 2.05) is 18.3 Å². The van der Waals surface area contributed by atoms with E-state index < -0.39 is 8.32 Å². The van der Waals surface area contributed by atoms with Crippen LogP contribution in [0.5, 0.6) is 0 Å². The molecule has 1 unspecified atom stereocenters. The highest BCUT2D eigenvalue weighted by atomic mass is 35.5. The van der Waals surface area contributed by atoms with Crippen LogP contribution in [-0.2, 0) is 26.9 Å². The van der Waals surface area contributed by atoms with Crippen molar-refractivity contribution in [3.8, 4) is 0 Å². The van der Waals surface area contributed by atoms with E-state index in [-0.39, 0.29) is 11.3 Å². The summed E-state index contributed by atoms with van der Waals surface area (Å²) >= 11 is 6.32. The van der Waals surface area contributed by atoms with Crippen molar-refractivity contribution in [1.82, 2.24) is 4.98 Å². The second-order valence-electron chi connectivity index (χ2n) is 12.0. The van der Waals surface area contributed by atoms with Gasteiger partial charge in [-0.05, 0) is 77.0 Å². The first-order valence-corrected chi connectivity index (χ1v) is 17.2. The second-order valence-corrected chi connectivity index (χ2v) is 16.7. The first kappa shape index (κ1) is 29.9. The Bertz CT molecular complexity index is 1360. The number of hydrogen-bond acceptors (Lipinski definition) is 4. The SMILES string of the molecule is CC(C)(C)[Si](OCCCCc1c(COC2CCCCO2)ncc2cc(Cl)ccc12)(c1ccccc1)c1ccccc1. The molecule has 1 aliphatic rings. The van der Waals surface area contributed by atoms with Crippen molar-refractivity contribution in [3.63, 3.8) is 0 Å². The number of nitrogens with zero attached hydrogens (tertiary/aromatic N) is 1. The van der Waals surface area contributed by atoms with E-state index in [2.05, 4.69) is 87.5 Å². The minimum absolute atomic E-state index is 0.0276. The Morgan fingerprint density at radius 3 is 2.27 bits per heavy atom. The van der Waals surface area contributed by atoms with Gasteiger partial charge in [-0.15, -0.1) is 0 Å². The summed E-state index contributed by atoms with van der Waals surface area (Å²) in [6.07, 6.45) is 7.83. The summed E-state index contributed by atoms with van der Waals surface area (Å²) in [4.78, 5) is 4.82. The van der Waals surface area contributed by atoms with Gasteiger partial charge in [0.2, 0.25) is 0 Å². The third-order valence-corrected chi connectivity index (χ3v) is 13.4. The standard InChI is InChI=1S/C35H42ClNO3Si/c1-35(2,3)41(29-14-6-4-7-15-29,30-16-8-5-9-17-30)40-23-13-10-18-32-31-21-20-28(36)24-27(31)25-37-33(32)26-39-34-19-11-12-22-38-34/h4-9,14-17,20-21,24-25,34H,10-13,18-19,22-23,26H2,1-3H3. The molecule has 0 spiro atoms. The van der Waals surface area contributed by atoms with Crippen LogP contribution in [0.4, 0.5) is 0 Å². The molecule has 4 nitrogen and oxygen atoms in total. The van der Waals surface area contributed by atoms with E-state index in [9.17, 15) is 0 Å². The topological polar surface area (TPSA) is 40.6 Å². The summed E-state index contributed by atoms with van der Waals surface area (Å²) < 4.78 is 19.1. The first-order chi connectivity index (χ1) is 19.9. The summed E-state index contributed by atoms with van der Waals surface area (Å²) in [6.45, 7) is 8.92. The molecule has 41 heavy (non-hydrogen) atoms. The van der Waals surface area contributed by atoms with Gasteiger partial charge in [0, 0.05) is 29.8 Å².